The van der Waals surface area contributed by atoms with Crippen LogP contribution in [0, 0.1) is 0 Å². The van der Waals surface area contributed by atoms with Gasteiger partial charge in [0.15, 0.2) is 5.03 Å². The first-order valence-corrected chi connectivity index (χ1v) is 10.6. The van der Waals surface area contributed by atoms with Crippen LogP contribution in [0.1, 0.15) is 61.0 Å². The lowest BCUT2D eigenvalue weighted by Crippen LogP contribution is -2.34. The molecule has 0 aliphatic heterocycles. The Bertz CT molecular complexity index is 899. The Morgan fingerprint density at radius 3 is 2.52 bits per heavy atom. The van der Waals surface area contributed by atoms with E-state index in [1.165, 1.54) is 16.1 Å². The molecule has 146 valence electrons. The molecule has 27 heavy (non-hydrogen) atoms. The molecule has 8 heteroatoms. The molecule has 1 heterocycles. The number of benzene rings is 1. The number of carbonyl (C=O) groups is 1. The molecule has 1 aliphatic rings. The van der Waals surface area contributed by atoms with Crippen molar-refractivity contribution in [2.75, 3.05) is 6.61 Å². The van der Waals surface area contributed by atoms with E-state index in [1.807, 2.05) is 24.3 Å². The fourth-order valence-corrected chi connectivity index (χ4v) is 4.64. The van der Waals surface area contributed by atoms with Crippen molar-refractivity contribution in [3.8, 4) is 0 Å². The summed E-state index contributed by atoms with van der Waals surface area (Å²) in [5, 5.41) is 6.04. The summed E-state index contributed by atoms with van der Waals surface area (Å²) in [5.41, 5.74) is 2.06. The minimum absolute atomic E-state index is 0.0573. The molecule has 0 amide bonds. The predicted molar refractivity (Wildman–Crippen MR) is 101 cm³/mol. The third-order valence-electron chi connectivity index (χ3n) is 4.61. The normalized spacial score (nSPS) is 14.7. The number of rotatable bonds is 8. The summed E-state index contributed by atoms with van der Waals surface area (Å²) in [6.45, 7) is 6.32. The number of aromatic nitrogens is 2. The molecule has 1 N–H and O–H groups in total. The summed E-state index contributed by atoms with van der Waals surface area (Å²) in [5.74, 6) is -0.277. The first kappa shape index (κ1) is 19.6. The van der Waals surface area contributed by atoms with Crippen LogP contribution in [-0.4, -0.2) is 41.5 Å². The fraction of sp³-hybridized carbons (Fsp3) is 0.474. The summed E-state index contributed by atoms with van der Waals surface area (Å²) in [4.78, 5) is 12.1. The standard InChI is InChI=1S/C19H25N3O4S/c1-4-26-19(23)17-11-20-21-18(17)27(24,25)22(16-9-10-16)12-14-5-7-15(8-6-14)13(2)3/h5-8,11,13,16H,4,9-10,12H2,1-3H3,(H,20,21). The Kier molecular flexibility index (Phi) is 5.67. The van der Waals surface area contributed by atoms with Gasteiger partial charge in [0.1, 0.15) is 5.56 Å². The molecule has 0 spiro atoms. The number of hydrogen-bond donors (Lipinski definition) is 1. The number of esters is 1. The lowest BCUT2D eigenvalue weighted by Gasteiger charge is -2.22. The Hall–Kier alpha value is -2.19. The maximum absolute atomic E-state index is 13.2. The molecular formula is C19H25N3O4S. The van der Waals surface area contributed by atoms with Crippen LogP contribution in [0.25, 0.3) is 0 Å². The summed E-state index contributed by atoms with van der Waals surface area (Å²) in [6, 6.07) is 7.91. The zero-order valence-electron chi connectivity index (χ0n) is 15.8. The molecule has 0 unspecified atom stereocenters. The number of ether oxygens (including phenoxy) is 1. The number of aromatic amines is 1. The highest BCUT2D eigenvalue weighted by Gasteiger charge is 2.40. The van der Waals surface area contributed by atoms with E-state index in [0.29, 0.717) is 5.92 Å². The molecule has 7 nitrogen and oxygen atoms in total. The topological polar surface area (TPSA) is 92.4 Å². The van der Waals surface area contributed by atoms with Gasteiger partial charge in [-0.05, 0) is 36.8 Å². The molecule has 1 aliphatic carbocycles. The number of hydrogen-bond acceptors (Lipinski definition) is 5. The molecule has 0 bridgehead atoms. The van der Waals surface area contributed by atoms with Gasteiger partial charge >= 0.3 is 5.97 Å². The average Bonchev–Trinajstić information content (AvgIpc) is 3.33. The molecule has 2 aromatic rings. The van der Waals surface area contributed by atoms with E-state index in [4.69, 9.17) is 4.74 Å². The number of sulfonamides is 1. The van der Waals surface area contributed by atoms with Crippen LogP contribution in [0.3, 0.4) is 0 Å². The van der Waals surface area contributed by atoms with Gasteiger partial charge in [0.05, 0.1) is 12.8 Å². The lowest BCUT2D eigenvalue weighted by atomic mass is 10.0. The average molecular weight is 391 g/mol. The smallest absolute Gasteiger partial charge is 0.342 e. The predicted octanol–water partition coefficient (Wildman–Crippen LogP) is 3.06. The van der Waals surface area contributed by atoms with Crippen molar-refractivity contribution >= 4 is 16.0 Å². The zero-order valence-corrected chi connectivity index (χ0v) is 16.6. The molecule has 0 saturated heterocycles. The first-order chi connectivity index (χ1) is 12.8. The summed E-state index contributed by atoms with van der Waals surface area (Å²) >= 11 is 0. The van der Waals surface area contributed by atoms with Gasteiger partial charge in [-0.1, -0.05) is 38.1 Å². The second kappa shape index (κ2) is 7.82. The lowest BCUT2D eigenvalue weighted by molar-refractivity contribution is 0.0521. The molecule has 0 radical (unpaired) electrons. The SMILES string of the molecule is CCOC(=O)c1cn[nH]c1S(=O)(=O)N(Cc1ccc(C(C)C)cc1)C1CC1. The van der Waals surface area contributed by atoms with E-state index in [1.54, 1.807) is 6.92 Å². The van der Waals surface area contributed by atoms with Crippen molar-refractivity contribution in [2.24, 2.45) is 0 Å². The number of H-pyrrole nitrogens is 1. The minimum atomic E-state index is -3.90. The Balaban J connectivity index is 1.89. The molecule has 1 aromatic carbocycles. The molecule has 1 saturated carbocycles. The van der Waals surface area contributed by atoms with Gasteiger partial charge in [0.2, 0.25) is 0 Å². The van der Waals surface area contributed by atoms with E-state index in [-0.39, 0.29) is 29.8 Å². The van der Waals surface area contributed by atoms with E-state index >= 15 is 0 Å². The number of nitrogens with one attached hydrogen (secondary N) is 1. The fourth-order valence-electron chi connectivity index (χ4n) is 2.90. The molecule has 0 atom stereocenters. The van der Waals surface area contributed by atoms with Crippen LogP contribution in [-0.2, 0) is 21.3 Å². The summed E-state index contributed by atoms with van der Waals surface area (Å²) in [6.07, 6.45) is 2.83. The Morgan fingerprint density at radius 2 is 1.96 bits per heavy atom. The highest BCUT2D eigenvalue weighted by Crippen LogP contribution is 2.34. The van der Waals surface area contributed by atoms with Crippen molar-refractivity contribution in [3.05, 3.63) is 47.2 Å². The highest BCUT2D eigenvalue weighted by molar-refractivity contribution is 7.89. The Morgan fingerprint density at radius 1 is 1.30 bits per heavy atom. The number of carbonyl (C=O) groups excluding carboxylic acids is 1. The van der Waals surface area contributed by atoms with Gasteiger partial charge in [-0.25, -0.2) is 13.2 Å². The van der Waals surface area contributed by atoms with Crippen LogP contribution in [0.15, 0.2) is 35.5 Å². The van der Waals surface area contributed by atoms with Crippen LogP contribution in [0.5, 0.6) is 0 Å². The zero-order chi connectivity index (χ0) is 19.6. The molecule has 1 fully saturated rings. The quantitative estimate of drug-likeness (QED) is 0.698. The van der Waals surface area contributed by atoms with Crippen LogP contribution in [0.2, 0.25) is 0 Å². The van der Waals surface area contributed by atoms with Gasteiger partial charge in [-0.15, -0.1) is 0 Å². The minimum Gasteiger partial charge on any atom is -0.462 e. The molecule has 1 aromatic heterocycles. The van der Waals surface area contributed by atoms with Gasteiger partial charge in [0, 0.05) is 12.6 Å². The first-order valence-electron chi connectivity index (χ1n) is 9.15. The van der Waals surface area contributed by atoms with Gasteiger partial charge in [-0.3, -0.25) is 5.10 Å². The van der Waals surface area contributed by atoms with Crippen molar-refractivity contribution in [1.82, 2.24) is 14.5 Å². The monoisotopic (exact) mass is 391 g/mol. The largest absolute Gasteiger partial charge is 0.462 e. The van der Waals surface area contributed by atoms with E-state index in [9.17, 15) is 13.2 Å². The number of nitrogens with zero attached hydrogens (tertiary/aromatic N) is 2. The van der Waals surface area contributed by atoms with Gasteiger partial charge in [-0.2, -0.15) is 9.40 Å². The third kappa shape index (κ3) is 4.22. The second-order valence-electron chi connectivity index (χ2n) is 7.01. The van der Waals surface area contributed by atoms with Crippen molar-refractivity contribution < 1.29 is 17.9 Å². The van der Waals surface area contributed by atoms with Crippen molar-refractivity contribution in [1.29, 1.82) is 0 Å². The van der Waals surface area contributed by atoms with Crippen LogP contribution >= 0.6 is 0 Å². The second-order valence-corrected chi connectivity index (χ2v) is 8.84. The van der Waals surface area contributed by atoms with Crippen LogP contribution < -0.4 is 0 Å². The van der Waals surface area contributed by atoms with Crippen LogP contribution in [0.4, 0.5) is 0 Å². The summed E-state index contributed by atoms with van der Waals surface area (Å²) in [7, 11) is -3.90. The van der Waals surface area contributed by atoms with Crippen molar-refractivity contribution in [3.63, 3.8) is 0 Å². The molecule has 3 rings (SSSR count). The van der Waals surface area contributed by atoms with E-state index in [0.717, 1.165) is 18.4 Å². The third-order valence-corrected chi connectivity index (χ3v) is 6.48. The van der Waals surface area contributed by atoms with Gasteiger partial charge in [0.25, 0.3) is 10.0 Å². The maximum atomic E-state index is 13.2. The maximum Gasteiger partial charge on any atom is 0.342 e. The highest BCUT2D eigenvalue weighted by atomic mass is 32.2. The molecular weight excluding hydrogens is 366 g/mol. The summed E-state index contributed by atoms with van der Waals surface area (Å²) < 4.78 is 32.9. The van der Waals surface area contributed by atoms with E-state index in [2.05, 4.69) is 24.0 Å². The van der Waals surface area contributed by atoms with Crippen molar-refractivity contribution in [2.45, 2.75) is 57.1 Å². The Labute approximate surface area is 159 Å². The van der Waals surface area contributed by atoms with Gasteiger partial charge < -0.3 is 4.74 Å². The van der Waals surface area contributed by atoms with E-state index < -0.39 is 16.0 Å².